The molecule has 0 spiro atoms. The van der Waals surface area contributed by atoms with E-state index in [1.807, 2.05) is 29.5 Å². The molecule has 10 heteroatoms. The first-order valence-corrected chi connectivity index (χ1v) is 8.89. The number of nitrogens with zero attached hydrogens (tertiary/aromatic N) is 2. The van der Waals surface area contributed by atoms with Gasteiger partial charge in [0.15, 0.2) is 16.7 Å². The van der Waals surface area contributed by atoms with Gasteiger partial charge in [0.1, 0.15) is 0 Å². The van der Waals surface area contributed by atoms with Crippen LogP contribution in [0.1, 0.15) is 12.5 Å². The lowest BCUT2D eigenvalue weighted by molar-refractivity contribution is -0.135. The standard InChI is InChI=1S/C15H14IN3O5S/c1-3-24-10-5-8(4-9(16)13(10)21)7-17-19-15-18-14(22)11(25-15)6-12(20)23-2/h4-7,21H,3H2,1-2H3,(H,18,19,22)/b11-6+,17-7?. The number of carbonyl (C=O) groups is 2. The summed E-state index contributed by atoms with van der Waals surface area (Å²) in [6.45, 7) is 2.24. The number of phenols is 1. The summed E-state index contributed by atoms with van der Waals surface area (Å²) >= 11 is 2.97. The first-order valence-electron chi connectivity index (χ1n) is 6.99. The molecule has 0 unspecified atom stereocenters. The van der Waals surface area contributed by atoms with Gasteiger partial charge in [0.25, 0.3) is 5.91 Å². The number of thioether (sulfide) groups is 1. The van der Waals surface area contributed by atoms with E-state index in [1.54, 1.807) is 12.1 Å². The van der Waals surface area contributed by atoms with Crippen LogP contribution in [0.2, 0.25) is 0 Å². The Kier molecular flexibility index (Phi) is 6.82. The minimum Gasteiger partial charge on any atom is -0.504 e. The number of ether oxygens (including phenoxy) is 2. The normalized spacial score (nSPS) is 17.3. The summed E-state index contributed by atoms with van der Waals surface area (Å²) in [7, 11) is 1.23. The molecule has 0 bridgehead atoms. The molecule has 0 saturated carbocycles. The van der Waals surface area contributed by atoms with Crippen molar-refractivity contribution in [1.29, 1.82) is 0 Å². The molecule has 0 atom stereocenters. The van der Waals surface area contributed by atoms with Crippen molar-refractivity contribution in [3.8, 4) is 11.5 Å². The lowest BCUT2D eigenvalue weighted by Gasteiger charge is -2.08. The molecule has 1 aliphatic heterocycles. The molecule has 1 fully saturated rings. The highest BCUT2D eigenvalue weighted by molar-refractivity contribution is 14.1. The van der Waals surface area contributed by atoms with Crippen LogP contribution in [0, 0.1) is 3.57 Å². The molecule has 8 nitrogen and oxygen atoms in total. The first-order chi connectivity index (χ1) is 11.9. The average molecular weight is 475 g/mol. The summed E-state index contributed by atoms with van der Waals surface area (Å²) in [6.07, 6.45) is 2.55. The van der Waals surface area contributed by atoms with E-state index in [0.29, 0.717) is 21.5 Å². The second-order valence-electron chi connectivity index (χ2n) is 4.52. The number of amides is 1. The lowest BCUT2D eigenvalue weighted by atomic mass is 10.2. The van der Waals surface area contributed by atoms with Crippen LogP contribution < -0.4 is 10.1 Å². The monoisotopic (exact) mass is 475 g/mol. The molecule has 1 saturated heterocycles. The fourth-order valence-electron chi connectivity index (χ4n) is 1.72. The van der Waals surface area contributed by atoms with Gasteiger partial charge < -0.3 is 14.6 Å². The maximum absolute atomic E-state index is 11.7. The zero-order chi connectivity index (χ0) is 18.4. The highest BCUT2D eigenvalue weighted by atomic mass is 127. The Morgan fingerprint density at radius 2 is 2.24 bits per heavy atom. The second kappa shape index (κ2) is 8.85. The molecule has 25 heavy (non-hydrogen) atoms. The number of hydrogen-bond acceptors (Lipinski definition) is 8. The zero-order valence-electron chi connectivity index (χ0n) is 13.3. The quantitative estimate of drug-likeness (QED) is 0.222. The maximum atomic E-state index is 11.7. The highest BCUT2D eigenvalue weighted by Gasteiger charge is 2.25. The summed E-state index contributed by atoms with van der Waals surface area (Å²) in [5.41, 5.74) is 0.676. The summed E-state index contributed by atoms with van der Waals surface area (Å²) in [4.78, 5) is 23.0. The molecule has 1 aromatic rings. The predicted octanol–water partition coefficient (Wildman–Crippen LogP) is 2.01. The average Bonchev–Trinajstić information content (AvgIpc) is 2.91. The van der Waals surface area contributed by atoms with E-state index in [1.165, 1.54) is 13.3 Å². The highest BCUT2D eigenvalue weighted by Crippen LogP contribution is 2.32. The molecule has 0 radical (unpaired) electrons. The van der Waals surface area contributed by atoms with Crippen molar-refractivity contribution in [2.24, 2.45) is 10.2 Å². The summed E-state index contributed by atoms with van der Waals surface area (Å²) < 4.78 is 10.4. The van der Waals surface area contributed by atoms with Gasteiger partial charge in [0.2, 0.25) is 0 Å². The molecule has 1 amide bonds. The van der Waals surface area contributed by atoms with Crippen molar-refractivity contribution in [2.75, 3.05) is 13.7 Å². The van der Waals surface area contributed by atoms with Gasteiger partial charge in [0.05, 0.1) is 28.4 Å². The van der Waals surface area contributed by atoms with Gasteiger partial charge in [-0.3, -0.25) is 10.1 Å². The van der Waals surface area contributed by atoms with E-state index in [9.17, 15) is 14.7 Å². The fraction of sp³-hybridized carbons (Fsp3) is 0.200. The molecule has 2 N–H and O–H groups in total. The van der Waals surface area contributed by atoms with Crippen LogP contribution >= 0.6 is 34.4 Å². The van der Waals surface area contributed by atoms with Crippen molar-refractivity contribution in [3.05, 3.63) is 32.2 Å². The molecule has 0 aliphatic carbocycles. The van der Waals surface area contributed by atoms with Gasteiger partial charge in [-0.25, -0.2) is 4.79 Å². The molecule has 2 rings (SSSR count). The van der Waals surface area contributed by atoms with Crippen LogP contribution in [0.25, 0.3) is 0 Å². The smallest absolute Gasteiger partial charge is 0.331 e. The lowest BCUT2D eigenvalue weighted by Crippen LogP contribution is -2.19. The minimum atomic E-state index is -0.621. The van der Waals surface area contributed by atoms with Crippen LogP contribution in [0.5, 0.6) is 11.5 Å². The molecular weight excluding hydrogens is 461 g/mol. The van der Waals surface area contributed by atoms with Crippen LogP contribution in [-0.2, 0) is 14.3 Å². The van der Waals surface area contributed by atoms with Gasteiger partial charge in [0, 0.05) is 6.08 Å². The largest absolute Gasteiger partial charge is 0.504 e. The van der Waals surface area contributed by atoms with Crippen LogP contribution in [0.3, 0.4) is 0 Å². The van der Waals surface area contributed by atoms with Crippen molar-refractivity contribution >= 4 is 57.6 Å². The summed E-state index contributed by atoms with van der Waals surface area (Å²) in [5.74, 6) is -0.635. The Bertz CT molecular complexity index is 792. The number of nitrogens with one attached hydrogen (secondary N) is 1. The van der Waals surface area contributed by atoms with Gasteiger partial charge in [-0.05, 0) is 59.0 Å². The Morgan fingerprint density at radius 1 is 1.48 bits per heavy atom. The molecule has 1 aromatic carbocycles. The van der Waals surface area contributed by atoms with Crippen LogP contribution in [0.15, 0.2) is 33.3 Å². The Balaban J connectivity index is 2.13. The van der Waals surface area contributed by atoms with Gasteiger partial charge in [-0.15, -0.1) is 5.10 Å². The number of hydrogen-bond donors (Lipinski definition) is 2. The number of phenolic OH excluding ortho intramolecular Hbond substituents is 1. The number of amidine groups is 1. The third-order valence-electron chi connectivity index (χ3n) is 2.81. The summed E-state index contributed by atoms with van der Waals surface area (Å²) in [5, 5.41) is 20.4. The van der Waals surface area contributed by atoms with Crippen LogP contribution in [0.4, 0.5) is 0 Å². The number of methoxy groups -OCH3 is 1. The zero-order valence-corrected chi connectivity index (χ0v) is 16.3. The fourth-order valence-corrected chi connectivity index (χ4v) is 3.09. The van der Waals surface area contributed by atoms with Crippen LogP contribution in [-0.4, -0.2) is 42.1 Å². The Labute approximate surface area is 161 Å². The van der Waals surface area contributed by atoms with E-state index >= 15 is 0 Å². The van der Waals surface area contributed by atoms with Gasteiger partial charge >= 0.3 is 5.97 Å². The van der Waals surface area contributed by atoms with Crippen molar-refractivity contribution in [2.45, 2.75) is 6.92 Å². The number of aromatic hydroxyl groups is 1. The van der Waals surface area contributed by atoms with E-state index in [-0.39, 0.29) is 15.8 Å². The van der Waals surface area contributed by atoms with Crippen molar-refractivity contribution < 1.29 is 24.2 Å². The molecule has 1 aliphatic rings. The number of rotatable bonds is 5. The number of benzene rings is 1. The summed E-state index contributed by atoms with van der Waals surface area (Å²) in [6, 6.07) is 3.35. The molecule has 1 heterocycles. The number of esters is 1. The van der Waals surface area contributed by atoms with E-state index in [2.05, 4.69) is 20.3 Å². The van der Waals surface area contributed by atoms with Crippen molar-refractivity contribution in [3.63, 3.8) is 0 Å². The predicted molar refractivity (Wildman–Crippen MR) is 103 cm³/mol. The topological polar surface area (TPSA) is 110 Å². The molecule has 132 valence electrons. The Morgan fingerprint density at radius 3 is 2.92 bits per heavy atom. The van der Waals surface area contributed by atoms with Gasteiger partial charge in [-0.1, -0.05) is 0 Å². The Hall–Kier alpha value is -2.08. The third kappa shape index (κ3) is 5.19. The molecular formula is C15H14IN3O5S. The van der Waals surface area contributed by atoms with Gasteiger partial charge in [-0.2, -0.15) is 5.10 Å². The second-order valence-corrected chi connectivity index (χ2v) is 6.71. The minimum absolute atomic E-state index is 0.0714. The number of halogens is 1. The maximum Gasteiger partial charge on any atom is 0.331 e. The van der Waals surface area contributed by atoms with E-state index < -0.39 is 11.9 Å². The third-order valence-corrected chi connectivity index (χ3v) is 4.53. The van der Waals surface area contributed by atoms with E-state index in [4.69, 9.17) is 4.74 Å². The van der Waals surface area contributed by atoms with E-state index in [0.717, 1.165) is 17.8 Å². The van der Waals surface area contributed by atoms with Crippen molar-refractivity contribution in [1.82, 2.24) is 5.32 Å². The number of carbonyl (C=O) groups excluding carboxylic acids is 2. The first kappa shape index (κ1) is 19.2. The SMILES string of the molecule is CCOc1cc(C=N/N=C2/NC(=O)/C(=C\C(=O)OC)S2)cc(I)c1O. The molecule has 0 aromatic heterocycles.